The van der Waals surface area contributed by atoms with Gasteiger partial charge in [-0.3, -0.25) is 10.1 Å². The van der Waals surface area contributed by atoms with E-state index in [2.05, 4.69) is 15.5 Å². The highest BCUT2D eigenvalue weighted by molar-refractivity contribution is 5.37. The third kappa shape index (κ3) is 2.54. The molecule has 0 spiro atoms. The summed E-state index contributed by atoms with van der Waals surface area (Å²) in [5.74, 6) is 0.943. The van der Waals surface area contributed by atoms with Crippen molar-refractivity contribution in [1.29, 1.82) is 0 Å². The van der Waals surface area contributed by atoms with Crippen molar-refractivity contribution < 1.29 is 9.66 Å². The number of hydrogen-bond donors (Lipinski definition) is 0. The van der Waals surface area contributed by atoms with Crippen LogP contribution in [0.25, 0.3) is 0 Å². The van der Waals surface area contributed by atoms with Gasteiger partial charge in [-0.2, -0.15) is 0 Å². The van der Waals surface area contributed by atoms with Gasteiger partial charge in [0.25, 0.3) is 5.69 Å². The largest absolute Gasteiger partial charge is 0.485 e. The van der Waals surface area contributed by atoms with Gasteiger partial charge in [0, 0.05) is 13.1 Å². The number of nitrogens with zero attached hydrogens (tertiary/aromatic N) is 5. The first-order chi connectivity index (χ1) is 8.16. The highest BCUT2D eigenvalue weighted by Gasteiger charge is 2.08. The summed E-state index contributed by atoms with van der Waals surface area (Å²) in [5, 5.41) is 21.4. The molecule has 1 aromatic heterocycles. The zero-order valence-corrected chi connectivity index (χ0v) is 8.98. The van der Waals surface area contributed by atoms with Gasteiger partial charge < -0.3 is 4.74 Å². The molecule has 0 fully saturated rings. The van der Waals surface area contributed by atoms with Gasteiger partial charge in [0.1, 0.15) is 12.4 Å². The van der Waals surface area contributed by atoms with Gasteiger partial charge >= 0.3 is 0 Å². The van der Waals surface area contributed by atoms with Crippen molar-refractivity contribution in [3.8, 4) is 5.75 Å². The van der Waals surface area contributed by atoms with Crippen LogP contribution in [0.1, 0.15) is 5.82 Å². The Morgan fingerprint density at radius 1 is 1.53 bits per heavy atom. The van der Waals surface area contributed by atoms with E-state index in [-0.39, 0.29) is 12.3 Å². The summed E-state index contributed by atoms with van der Waals surface area (Å²) in [6.45, 7) is 0.157. The highest BCUT2D eigenvalue weighted by Crippen LogP contribution is 2.19. The number of benzene rings is 1. The summed E-state index contributed by atoms with van der Waals surface area (Å²) in [5.41, 5.74) is -0.0152. The zero-order chi connectivity index (χ0) is 12.3. The van der Waals surface area contributed by atoms with E-state index in [1.165, 1.54) is 16.8 Å². The van der Waals surface area contributed by atoms with Crippen molar-refractivity contribution in [2.24, 2.45) is 7.05 Å². The fourth-order valence-corrected chi connectivity index (χ4v) is 1.20. The Hall–Kier alpha value is -2.51. The summed E-state index contributed by atoms with van der Waals surface area (Å²) in [6.07, 6.45) is 0. The maximum Gasteiger partial charge on any atom is 0.273 e. The summed E-state index contributed by atoms with van der Waals surface area (Å²) in [4.78, 5) is 10.1. The van der Waals surface area contributed by atoms with Gasteiger partial charge in [-0.1, -0.05) is 6.07 Å². The number of rotatable bonds is 4. The summed E-state index contributed by atoms with van der Waals surface area (Å²) in [7, 11) is 1.69. The van der Waals surface area contributed by atoms with Crippen LogP contribution in [0.4, 0.5) is 5.69 Å². The van der Waals surface area contributed by atoms with Gasteiger partial charge in [0.15, 0.2) is 5.82 Å². The molecule has 8 heteroatoms. The van der Waals surface area contributed by atoms with Crippen LogP contribution in [0.15, 0.2) is 24.3 Å². The minimum atomic E-state index is -0.475. The van der Waals surface area contributed by atoms with Crippen molar-refractivity contribution in [2.75, 3.05) is 0 Å². The topological polar surface area (TPSA) is 96.0 Å². The molecule has 0 radical (unpaired) electrons. The molecule has 17 heavy (non-hydrogen) atoms. The molecule has 1 aromatic carbocycles. The average Bonchev–Trinajstić information content (AvgIpc) is 2.72. The van der Waals surface area contributed by atoms with Crippen LogP contribution in [-0.2, 0) is 13.7 Å². The van der Waals surface area contributed by atoms with Crippen molar-refractivity contribution in [2.45, 2.75) is 6.61 Å². The molecule has 0 aliphatic heterocycles. The Labute approximate surface area is 96.0 Å². The number of non-ortho nitro benzene ring substituents is 1. The second-order valence-corrected chi connectivity index (χ2v) is 3.26. The molecular weight excluding hydrogens is 226 g/mol. The van der Waals surface area contributed by atoms with E-state index in [4.69, 9.17) is 4.74 Å². The summed E-state index contributed by atoms with van der Waals surface area (Å²) >= 11 is 0. The van der Waals surface area contributed by atoms with Crippen LogP contribution in [0.2, 0.25) is 0 Å². The Morgan fingerprint density at radius 3 is 3.00 bits per heavy atom. The number of ether oxygens (including phenoxy) is 1. The monoisotopic (exact) mass is 235 g/mol. The Bertz CT molecular complexity index is 539. The molecule has 0 atom stereocenters. The minimum absolute atomic E-state index is 0.0152. The minimum Gasteiger partial charge on any atom is -0.485 e. The Morgan fingerprint density at radius 2 is 2.35 bits per heavy atom. The second-order valence-electron chi connectivity index (χ2n) is 3.26. The number of nitro groups is 1. The van der Waals surface area contributed by atoms with Crippen molar-refractivity contribution in [1.82, 2.24) is 20.2 Å². The molecule has 2 rings (SSSR count). The van der Waals surface area contributed by atoms with E-state index >= 15 is 0 Å². The number of aryl methyl sites for hydroxylation is 1. The number of tetrazole rings is 1. The third-order valence-corrected chi connectivity index (χ3v) is 2.10. The lowest BCUT2D eigenvalue weighted by molar-refractivity contribution is -0.384. The predicted octanol–water partition coefficient (Wildman–Crippen LogP) is 0.697. The lowest BCUT2D eigenvalue weighted by Gasteiger charge is -2.04. The van der Waals surface area contributed by atoms with Gasteiger partial charge in [0.05, 0.1) is 11.0 Å². The van der Waals surface area contributed by atoms with Crippen molar-refractivity contribution >= 4 is 5.69 Å². The molecule has 2 aromatic rings. The molecule has 0 unspecified atom stereocenters. The van der Waals surface area contributed by atoms with E-state index < -0.39 is 4.92 Å². The van der Waals surface area contributed by atoms with Crippen LogP contribution in [-0.4, -0.2) is 25.1 Å². The number of hydrogen-bond acceptors (Lipinski definition) is 6. The molecule has 8 nitrogen and oxygen atoms in total. The van der Waals surface area contributed by atoms with E-state index in [9.17, 15) is 10.1 Å². The van der Waals surface area contributed by atoms with Crippen LogP contribution in [0.3, 0.4) is 0 Å². The molecular formula is C9H9N5O3. The Kier molecular flexibility index (Phi) is 2.95. The van der Waals surface area contributed by atoms with E-state index in [0.717, 1.165) is 0 Å². The smallest absolute Gasteiger partial charge is 0.273 e. The highest BCUT2D eigenvalue weighted by atomic mass is 16.6. The van der Waals surface area contributed by atoms with Crippen molar-refractivity contribution in [3.63, 3.8) is 0 Å². The van der Waals surface area contributed by atoms with E-state index in [1.807, 2.05) is 0 Å². The zero-order valence-electron chi connectivity index (χ0n) is 8.98. The summed E-state index contributed by atoms with van der Waals surface area (Å²) in [6, 6.07) is 5.94. The van der Waals surface area contributed by atoms with Gasteiger partial charge in [-0.25, -0.2) is 4.68 Å². The van der Waals surface area contributed by atoms with Gasteiger partial charge in [-0.05, 0) is 16.5 Å². The van der Waals surface area contributed by atoms with Gasteiger partial charge in [-0.15, -0.1) is 5.10 Å². The van der Waals surface area contributed by atoms with Crippen molar-refractivity contribution in [3.05, 3.63) is 40.2 Å². The fourth-order valence-electron chi connectivity index (χ4n) is 1.20. The Balaban J connectivity index is 2.07. The second kappa shape index (κ2) is 4.56. The van der Waals surface area contributed by atoms with Gasteiger partial charge in [0.2, 0.25) is 0 Å². The van der Waals surface area contributed by atoms with E-state index in [0.29, 0.717) is 11.6 Å². The first-order valence-electron chi connectivity index (χ1n) is 4.75. The third-order valence-electron chi connectivity index (χ3n) is 2.10. The summed E-state index contributed by atoms with van der Waals surface area (Å²) < 4.78 is 6.82. The molecule has 0 saturated heterocycles. The van der Waals surface area contributed by atoms with Crippen LogP contribution in [0.5, 0.6) is 5.75 Å². The molecule has 0 aliphatic carbocycles. The van der Waals surface area contributed by atoms with Crippen LogP contribution >= 0.6 is 0 Å². The standard InChI is InChI=1S/C9H9N5O3/c1-13-9(10-11-12-13)6-17-8-4-2-3-7(5-8)14(15)16/h2-5H,6H2,1H3. The lowest BCUT2D eigenvalue weighted by atomic mass is 10.3. The first kappa shape index (κ1) is 11.0. The quantitative estimate of drug-likeness (QED) is 0.571. The molecule has 0 N–H and O–H groups in total. The van der Waals surface area contributed by atoms with E-state index in [1.54, 1.807) is 19.2 Å². The number of aromatic nitrogens is 4. The molecule has 1 heterocycles. The molecule has 0 amide bonds. The lowest BCUT2D eigenvalue weighted by Crippen LogP contribution is -2.04. The normalized spacial score (nSPS) is 10.2. The SMILES string of the molecule is Cn1nnnc1COc1cccc([N+](=O)[O-])c1. The molecule has 0 bridgehead atoms. The molecule has 88 valence electrons. The van der Waals surface area contributed by atoms with Crippen LogP contribution < -0.4 is 4.74 Å². The fraction of sp³-hybridized carbons (Fsp3) is 0.222. The maximum atomic E-state index is 10.6. The molecule has 0 aliphatic rings. The number of nitro benzene ring substituents is 1. The average molecular weight is 235 g/mol. The first-order valence-corrected chi connectivity index (χ1v) is 4.75. The predicted molar refractivity (Wildman–Crippen MR) is 56.2 cm³/mol. The van der Waals surface area contributed by atoms with Crippen LogP contribution in [0, 0.1) is 10.1 Å². The molecule has 0 saturated carbocycles. The maximum absolute atomic E-state index is 10.6.